The highest BCUT2D eigenvalue weighted by Gasteiger charge is 2.15. The SMILES string of the molecule is Brc1ccc2c3c(ccc2c1)C=C(c1cccc2ccccc12)CC3. The van der Waals surface area contributed by atoms with Crippen LogP contribution in [-0.4, -0.2) is 0 Å². The van der Waals surface area contributed by atoms with Crippen molar-refractivity contribution in [2.75, 3.05) is 0 Å². The van der Waals surface area contributed by atoms with Crippen LogP contribution in [0.25, 0.3) is 33.2 Å². The third-order valence-corrected chi connectivity index (χ3v) is 5.73. The highest BCUT2D eigenvalue weighted by atomic mass is 79.9. The molecule has 4 aromatic rings. The Morgan fingerprint density at radius 1 is 0.680 bits per heavy atom. The van der Waals surface area contributed by atoms with Gasteiger partial charge >= 0.3 is 0 Å². The Hall–Kier alpha value is -2.38. The van der Waals surface area contributed by atoms with Crippen molar-refractivity contribution in [3.8, 4) is 0 Å². The number of allylic oxidation sites excluding steroid dienone is 1. The average Bonchev–Trinajstić information content (AvgIpc) is 2.66. The minimum Gasteiger partial charge on any atom is -0.0616 e. The second-order valence-corrected chi connectivity index (χ2v) is 7.61. The summed E-state index contributed by atoms with van der Waals surface area (Å²) < 4.78 is 1.14. The number of fused-ring (bicyclic) bond motifs is 4. The molecule has 0 radical (unpaired) electrons. The van der Waals surface area contributed by atoms with Crippen LogP contribution < -0.4 is 0 Å². The zero-order chi connectivity index (χ0) is 16.8. The summed E-state index contributed by atoms with van der Waals surface area (Å²) in [5, 5.41) is 5.36. The van der Waals surface area contributed by atoms with E-state index in [-0.39, 0.29) is 0 Å². The smallest absolute Gasteiger partial charge is 0.0181 e. The van der Waals surface area contributed by atoms with Crippen molar-refractivity contribution < 1.29 is 0 Å². The Labute approximate surface area is 155 Å². The van der Waals surface area contributed by atoms with E-state index in [9.17, 15) is 0 Å². The van der Waals surface area contributed by atoms with Crippen LogP contribution in [0.3, 0.4) is 0 Å². The molecule has 0 nitrogen and oxygen atoms in total. The van der Waals surface area contributed by atoms with Gasteiger partial charge in [0.1, 0.15) is 0 Å². The fourth-order valence-electron chi connectivity index (χ4n) is 4.03. The molecule has 25 heavy (non-hydrogen) atoms. The monoisotopic (exact) mass is 384 g/mol. The number of benzene rings is 4. The van der Waals surface area contributed by atoms with Crippen LogP contribution in [0.5, 0.6) is 0 Å². The van der Waals surface area contributed by atoms with Gasteiger partial charge in [-0.3, -0.25) is 0 Å². The lowest BCUT2D eigenvalue weighted by molar-refractivity contribution is 1.01. The quantitative estimate of drug-likeness (QED) is 0.324. The molecule has 120 valence electrons. The molecule has 0 spiro atoms. The topological polar surface area (TPSA) is 0 Å². The minimum absolute atomic E-state index is 1.09. The summed E-state index contributed by atoms with van der Waals surface area (Å²) in [4.78, 5) is 0. The second kappa shape index (κ2) is 5.86. The number of hydrogen-bond donors (Lipinski definition) is 0. The van der Waals surface area contributed by atoms with Crippen molar-refractivity contribution in [2.45, 2.75) is 12.8 Å². The first-order valence-electron chi connectivity index (χ1n) is 8.69. The van der Waals surface area contributed by atoms with Crippen molar-refractivity contribution in [1.82, 2.24) is 0 Å². The first-order chi connectivity index (χ1) is 12.3. The molecule has 0 aliphatic heterocycles. The Morgan fingerprint density at radius 2 is 1.56 bits per heavy atom. The summed E-state index contributed by atoms with van der Waals surface area (Å²) in [6.45, 7) is 0. The minimum atomic E-state index is 1.09. The summed E-state index contributed by atoms with van der Waals surface area (Å²) in [5.74, 6) is 0. The highest BCUT2D eigenvalue weighted by molar-refractivity contribution is 9.10. The zero-order valence-corrected chi connectivity index (χ0v) is 15.4. The molecule has 5 rings (SSSR count). The predicted octanol–water partition coefficient (Wildman–Crippen LogP) is 7.24. The normalized spacial score (nSPS) is 13.7. The highest BCUT2D eigenvalue weighted by Crippen LogP contribution is 2.37. The van der Waals surface area contributed by atoms with Gasteiger partial charge in [-0.25, -0.2) is 0 Å². The van der Waals surface area contributed by atoms with Crippen LogP contribution in [0.1, 0.15) is 23.1 Å². The molecule has 0 N–H and O–H groups in total. The first kappa shape index (κ1) is 14.9. The number of halogens is 1. The van der Waals surface area contributed by atoms with E-state index in [0.717, 1.165) is 17.3 Å². The summed E-state index contributed by atoms with van der Waals surface area (Å²) in [5.41, 5.74) is 5.67. The summed E-state index contributed by atoms with van der Waals surface area (Å²) >= 11 is 3.58. The molecule has 0 unspecified atom stereocenters. The van der Waals surface area contributed by atoms with Gasteiger partial charge in [-0.05, 0) is 68.8 Å². The standard InChI is InChI=1S/C24H17Br/c25-20-11-13-24-19(15-20)9-8-17-14-18(10-12-23(17)24)22-7-3-5-16-4-1-2-6-21(16)22/h1-9,11,13-15H,10,12H2. The molecular weight excluding hydrogens is 368 g/mol. The van der Waals surface area contributed by atoms with Gasteiger partial charge in [0.15, 0.2) is 0 Å². The number of rotatable bonds is 1. The van der Waals surface area contributed by atoms with Crippen molar-refractivity contribution >= 4 is 49.1 Å². The molecule has 0 bridgehead atoms. The predicted molar refractivity (Wildman–Crippen MR) is 112 cm³/mol. The molecule has 0 atom stereocenters. The maximum absolute atomic E-state index is 3.58. The maximum atomic E-state index is 3.58. The van der Waals surface area contributed by atoms with Gasteiger partial charge in [0.2, 0.25) is 0 Å². The van der Waals surface area contributed by atoms with Gasteiger partial charge in [-0.1, -0.05) is 82.7 Å². The van der Waals surface area contributed by atoms with E-state index in [1.165, 1.54) is 43.8 Å². The van der Waals surface area contributed by atoms with Gasteiger partial charge in [0.05, 0.1) is 0 Å². The molecule has 0 saturated carbocycles. The fraction of sp³-hybridized carbons (Fsp3) is 0.0833. The van der Waals surface area contributed by atoms with E-state index >= 15 is 0 Å². The summed E-state index contributed by atoms with van der Waals surface area (Å²) in [7, 11) is 0. The van der Waals surface area contributed by atoms with Crippen LogP contribution in [0, 0.1) is 0 Å². The number of hydrogen-bond acceptors (Lipinski definition) is 0. The Balaban J connectivity index is 1.70. The van der Waals surface area contributed by atoms with Gasteiger partial charge in [-0.15, -0.1) is 0 Å². The van der Waals surface area contributed by atoms with E-state index in [2.05, 4.69) is 94.8 Å². The van der Waals surface area contributed by atoms with Crippen molar-refractivity contribution in [1.29, 1.82) is 0 Å². The van der Waals surface area contributed by atoms with Crippen LogP contribution in [-0.2, 0) is 6.42 Å². The van der Waals surface area contributed by atoms with E-state index in [1.54, 1.807) is 0 Å². The molecule has 0 saturated heterocycles. The Morgan fingerprint density at radius 3 is 2.52 bits per heavy atom. The summed E-state index contributed by atoms with van der Waals surface area (Å²) in [6, 6.07) is 26.4. The lowest BCUT2D eigenvalue weighted by atomic mass is 9.84. The molecule has 0 heterocycles. The van der Waals surface area contributed by atoms with Gasteiger partial charge < -0.3 is 0 Å². The van der Waals surface area contributed by atoms with Crippen LogP contribution in [0.2, 0.25) is 0 Å². The van der Waals surface area contributed by atoms with E-state index < -0.39 is 0 Å². The second-order valence-electron chi connectivity index (χ2n) is 6.70. The molecule has 0 amide bonds. The maximum Gasteiger partial charge on any atom is 0.0181 e. The van der Waals surface area contributed by atoms with Crippen molar-refractivity contribution in [3.63, 3.8) is 0 Å². The zero-order valence-electron chi connectivity index (χ0n) is 13.8. The Kier molecular flexibility index (Phi) is 3.50. The Bertz CT molecular complexity index is 1150. The van der Waals surface area contributed by atoms with Gasteiger partial charge in [0, 0.05) is 4.47 Å². The summed E-state index contributed by atoms with van der Waals surface area (Å²) in [6.07, 6.45) is 4.58. The molecule has 1 heteroatoms. The molecule has 1 aliphatic rings. The fourth-order valence-corrected chi connectivity index (χ4v) is 4.41. The van der Waals surface area contributed by atoms with E-state index in [1.807, 2.05) is 0 Å². The van der Waals surface area contributed by atoms with Gasteiger partial charge in [-0.2, -0.15) is 0 Å². The van der Waals surface area contributed by atoms with Crippen LogP contribution in [0.4, 0.5) is 0 Å². The number of aryl methyl sites for hydroxylation is 1. The van der Waals surface area contributed by atoms with Crippen LogP contribution >= 0.6 is 15.9 Å². The van der Waals surface area contributed by atoms with E-state index in [4.69, 9.17) is 0 Å². The molecule has 0 aromatic heterocycles. The lowest BCUT2D eigenvalue weighted by Crippen LogP contribution is -2.00. The van der Waals surface area contributed by atoms with E-state index in [0.29, 0.717) is 0 Å². The largest absolute Gasteiger partial charge is 0.0616 e. The van der Waals surface area contributed by atoms with Crippen molar-refractivity contribution in [3.05, 3.63) is 94.0 Å². The molecule has 1 aliphatic carbocycles. The molecule has 4 aromatic carbocycles. The average molecular weight is 385 g/mol. The van der Waals surface area contributed by atoms with Gasteiger partial charge in [0.25, 0.3) is 0 Å². The lowest BCUT2D eigenvalue weighted by Gasteiger charge is -2.20. The van der Waals surface area contributed by atoms with Crippen molar-refractivity contribution in [2.24, 2.45) is 0 Å². The third-order valence-electron chi connectivity index (χ3n) is 5.24. The third kappa shape index (κ3) is 2.51. The molecule has 0 fully saturated rings. The first-order valence-corrected chi connectivity index (χ1v) is 9.49. The molecular formula is C24H17Br. The van der Waals surface area contributed by atoms with Crippen LogP contribution in [0.15, 0.2) is 77.3 Å².